The van der Waals surface area contributed by atoms with Crippen LogP contribution in [0.2, 0.25) is 0 Å². The third-order valence-electron chi connectivity index (χ3n) is 2.41. The summed E-state index contributed by atoms with van der Waals surface area (Å²) in [6.07, 6.45) is 1.69. The van der Waals surface area contributed by atoms with Crippen molar-refractivity contribution in [3.8, 4) is 6.07 Å². The number of hydrogen-bond acceptors (Lipinski definition) is 3. The Labute approximate surface area is 112 Å². The average Bonchev–Trinajstić information content (AvgIpc) is 2.36. The van der Waals surface area contributed by atoms with E-state index in [-0.39, 0.29) is 5.56 Å². The van der Waals surface area contributed by atoms with Gasteiger partial charge in [-0.15, -0.1) is 0 Å². The van der Waals surface area contributed by atoms with Crippen molar-refractivity contribution in [2.45, 2.75) is 6.92 Å². The number of benzene rings is 1. The number of nitrogens with zero attached hydrogens (tertiary/aromatic N) is 2. The number of halogens is 2. The molecule has 0 aliphatic rings. The number of aromatic nitrogens is 1. The number of rotatable bonds is 2. The fourth-order valence-electron chi connectivity index (χ4n) is 1.44. The Hall–Kier alpha value is -1.93. The molecule has 0 fully saturated rings. The Morgan fingerprint density at radius 3 is 2.83 bits per heavy atom. The number of pyridine rings is 1. The van der Waals surface area contributed by atoms with Crippen LogP contribution in [0.25, 0.3) is 0 Å². The van der Waals surface area contributed by atoms with Gasteiger partial charge in [-0.1, -0.05) is 0 Å². The molecule has 18 heavy (non-hydrogen) atoms. The first-order chi connectivity index (χ1) is 8.60. The van der Waals surface area contributed by atoms with Crippen molar-refractivity contribution >= 4 is 27.4 Å². The molecule has 1 aromatic heterocycles. The van der Waals surface area contributed by atoms with Gasteiger partial charge in [-0.3, -0.25) is 0 Å². The lowest BCUT2D eigenvalue weighted by Crippen LogP contribution is -1.95. The SMILES string of the molecule is Cc1cc(Nc2ccc(F)c(C#N)c2)ncc1Br. The van der Waals surface area contributed by atoms with Crippen molar-refractivity contribution in [2.75, 3.05) is 5.32 Å². The average molecular weight is 306 g/mol. The van der Waals surface area contributed by atoms with Crippen molar-refractivity contribution in [3.63, 3.8) is 0 Å². The van der Waals surface area contributed by atoms with E-state index in [0.29, 0.717) is 11.5 Å². The molecule has 2 aromatic rings. The zero-order chi connectivity index (χ0) is 13.1. The van der Waals surface area contributed by atoms with Gasteiger partial charge in [0.25, 0.3) is 0 Å². The zero-order valence-electron chi connectivity index (χ0n) is 9.54. The number of anilines is 2. The molecule has 0 saturated heterocycles. The topological polar surface area (TPSA) is 48.7 Å². The summed E-state index contributed by atoms with van der Waals surface area (Å²) in [4.78, 5) is 4.18. The van der Waals surface area contributed by atoms with Gasteiger partial charge in [0.1, 0.15) is 17.7 Å². The molecule has 0 saturated carbocycles. The minimum absolute atomic E-state index is 0.00818. The summed E-state index contributed by atoms with van der Waals surface area (Å²) < 4.78 is 14.1. The molecule has 90 valence electrons. The summed E-state index contributed by atoms with van der Waals surface area (Å²) in [5.41, 5.74) is 1.67. The van der Waals surface area contributed by atoms with Crippen LogP contribution < -0.4 is 5.32 Å². The summed E-state index contributed by atoms with van der Waals surface area (Å²) in [5.74, 6) is 0.120. The second-order valence-corrected chi connectivity index (χ2v) is 4.60. The maximum atomic E-state index is 13.2. The standard InChI is InChI=1S/C13H9BrFN3/c1-8-4-13(17-7-11(8)14)18-10-2-3-12(15)9(5-10)6-16/h2-5,7H,1H3,(H,17,18). The third-order valence-corrected chi connectivity index (χ3v) is 3.24. The van der Waals surface area contributed by atoms with Gasteiger partial charge in [0.15, 0.2) is 0 Å². The molecule has 0 unspecified atom stereocenters. The monoisotopic (exact) mass is 305 g/mol. The van der Waals surface area contributed by atoms with E-state index in [4.69, 9.17) is 5.26 Å². The Balaban J connectivity index is 2.29. The molecule has 1 N–H and O–H groups in total. The van der Waals surface area contributed by atoms with Gasteiger partial charge in [-0.05, 0) is 52.7 Å². The minimum Gasteiger partial charge on any atom is -0.340 e. The Morgan fingerprint density at radius 1 is 1.39 bits per heavy atom. The van der Waals surface area contributed by atoms with E-state index in [2.05, 4.69) is 26.2 Å². The fraction of sp³-hybridized carbons (Fsp3) is 0.0769. The summed E-state index contributed by atoms with van der Waals surface area (Å²) in [6, 6.07) is 7.93. The Morgan fingerprint density at radius 2 is 2.17 bits per heavy atom. The molecule has 0 aliphatic carbocycles. The van der Waals surface area contributed by atoms with Crippen LogP contribution >= 0.6 is 15.9 Å². The predicted octanol–water partition coefficient (Wildman–Crippen LogP) is 3.91. The molecule has 0 atom stereocenters. The third kappa shape index (κ3) is 2.66. The molecule has 1 heterocycles. The Bertz CT molecular complexity index is 635. The van der Waals surface area contributed by atoms with Gasteiger partial charge in [0, 0.05) is 16.4 Å². The molecule has 0 radical (unpaired) electrons. The number of nitrogens with one attached hydrogen (secondary N) is 1. The molecule has 0 aliphatic heterocycles. The van der Waals surface area contributed by atoms with Crippen molar-refractivity contribution in [3.05, 3.63) is 51.9 Å². The highest BCUT2D eigenvalue weighted by molar-refractivity contribution is 9.10. The van der Waals surface area contributed by atoms with Crippen molar-refractivity contribution in [2.24, 2.45) is 0 Å². The normalized spacial score (nSPS) is 9.89. The van der Waals surface area contributed by atoms with E-state index < -0.39 is 5.82 Å². The van der Waals surface area contributed by atoms with Crippen LogP contribution in [0.15, 0.2) is 34.9 Å². The van der Waals surface area contributed by atoms with E-state index in [9.17, 15) is 4.39 Å². The van der Waals surface area contributed by atoms with Crippen molar-refractivity contribution in [1.29, 1.82) is 5.26 Å². The zero-order valence-corrected chi connectivity index (χ0v) is 11.1. The van der Waals surface area contributed by atoms with Gasteiger partial charge in [-0.2, -0.15) is 5.26 Å². The second-order valence-electron chi connectivity index (χ2n) is 3.75. The number of nitriles is 1. The molecule has 0 amide bonds. The highest BCUT2D eigenvalue weighted by Gasteiger charge is 2.04. The van der Waals surface area contributed by atoms with E-state index in [1.165, 1.54) is 12.1 Å². The molecular formula is C13H9BrFN3. The number of hydrogen-bond donors (Lipinski definition) is 1. The fourth-order valence-corrected chi connectivity index (χ4v) is 1.66. The molecular weight excluding hydrogens is 297 g/mol. The lowest BCUT2D eigenvalue weighted by atomic mass is 10.2. The van der Waals surface area contributed by atoms with Crippen LogP contribution in [-0.2, 0) is 0 Å². The first-order valence-corrected chi connectivity index (χ1v) is 5.98. The maximum Gasteiger partial charge on any atom is 0.141 e. The molecule has 0 spiro atoms. The van der Waals surface area contributed by atoms with Crippen LogP contribution in [0.3, 0.4) is 0 Å². The summed E-state index contributed by atoms with van der Waals surface area (Å²) >= 11 is 3.36. The number of aryl methyl sites for hydroxylation is 1. The van der Waals surface area contributed by atoms with Crippen LogP contribution in [0, 0.1) is 24.1 Å². The van der Waals surface area contributed by atoms with Gasteiger partial charge in [0.2, 0.25) is 0 Å². The van der Waals surface area contributed by atoms with Gasteiger partial charge in [0.05, 0.1) is 5.56 Å². The first kappa shape index (κ1) is 12.5. The largest absolute Gasteiger partial charge is 0.340 e. The van der Waals surface area contributed by atoms with Crippen LogP contribution in [0.1, 0.15) is 11.1 Å². The van der Waals surface area contributed by atoms with Gasteiger partial charge in [-0.25, -0.2) is 9.37 Å². The van der Waals surface area contributed by atoms with Crippen LogP contribution in [-0.4, -0.2) is 4.98 Å². The smallest absolute Gasteiger partial charge is 0.141 e. The van der Waals surface area contributed by atoms with Crippen LogP contribution in [0.5, 0.6) is 0 Å². The lowest BCUT2D eigenvalue weighted by Gasteiger charge is -2.07. The summed E-state index contributed by atoms with van der Waals surface area (Å²) in [5, 5.41) is 11.8. The Kier molecular flexibility index (Phi) is 3.58. The van der Waals surface area contributed by atoms with E-state index in [1.54, 1.807) is 18.3 Å². The summed E-state index contributed by atoms with van der Waals surface area (Å²) in [7, 11) is 0. The molecule has 2 rings (SSSR count). The highest BCUT2D eigenvalue weighted by atomic mass is 79.9. The second kappa shape index (κ2) is 5.15. The highest BCUT2D eigenvalue weighted by Crippen LogP contribution is 2.21. The molecule has 1 aromatic carbocycles. The molecule has 0 bridgehead atoms. The predicted molar refractivity (Wildman–Crippen MR) is 71.1 cm³/mol. The van der Waals surface area contributed by atoms with Gasteiger partial charge < -0.3 is 5.32 Å². The minimum atomic E-state index is -0.525. The van der Waals surface area contributed by atoms with Crippen molar-refractivity contribution < 1.29 is 4.39 Å². The first-order valence-electron chi connectivity index (χ1n) is 5.19. The summed E-state index contributed by atoms with van der Waals surface area (Å²) in [6.45, 7) is 1.95. The van der Waals surface area contributed by atoms with Crippen molar-refractivity contribution in [1.82, 2.24) is 4.98 Å². The maximum absolute atomic E-state index is 13.2. The molecule has 5 heteroatoms. The lowest BCUT2D eigenvalue weighted by molar-refractivity contribution is 0.624. The van der Waals surface area contributed by atoms with E-state index in [0.717, 1.165) is 10.0 Å². The van der Waals surface area contributed by atoms with Gasteiger partial charge >= 0.3 is 0 Å². The molecule has 3 nitrogen and oxygen atoms in total. The van der Waals surface area contributed by atoms with E-state index >= 15 is 0 Å². The van der Waals surface area contributed by atoms with Crippen LogP contribution in [0.4, 0.5) is 15.9 Å². The van der Waals surface area contributed by atoms with E-state index in [1.807, 2.05) is 13.0 Å². The quantitative estimate of drug-likeness (QED) is 0.915.